The van der Waals surface area contributed by atoms with Crippen LogP contribution in [0.25, 0.3) is 0 Å². The Morgan fingerprint density at radius 1 is 1.33 bits per heavy atom. The maximum absolute atomic E-state index is 12.0. The van der Waals surface area contributed by atoms with Gasteiger partial charge in [-0.3, -0.25) is 4.79 Å². The first-order valence-electron chi connectivity index (χ1n) is 5.76. The van der Waals surface area contributed by atoms with Crippen LogP contribution in [0.1, 0.15) is 10.4 Å². The lowest BCUT2D eigenvalue weighted by Gasteiger charge is -2.17. The summed E-state index contributed by atoms with van der Waals surface area (Å²) >= 11 is 1.61. The smallest absolute Gasteiger partial charge is 0.227 e. The number of amides is 1. The highest BCUT2D eigenvalue weighted by molar-refractivity contribution is 7.10. The number of carbonyl (C=O) groups excluding carboxylic acids is 1. The minimum Gasteiger partial charge on any atom is -0.399 e. The summed E-state index contributed by atoms with van der Waals surface area (Å²) < 4.78 is 0. The summed E-state index contributed by atoms with van der Waals surface area (Å²) in [5.41, 5.74) is 7.50. The predicted molar refractivity (Wildman–Crippen MR) is 75.4 cm³/mol. The Kier molecular flexibility index (Phi) is 3.99. The van der Waals surface area contributed by atoms with Gasteiger partial charge in [0.05, 0.1) is 6.42 Å². The zero-order valence-corrected chi connectivity index (χ0v) is 11.1. The van der Waals surface area contributed by atoms with Crippen LogP contribution in [0, 0.1) is 0 Å². The topological polar surface area (TPSA) is 46.3 Å². The third-order valence-corrected chi connectivity index (χ3v) is 3.58. The van der Waals surface area contributed by atoms with E-state index in [1.54, 1.807) is 16.2 Å². The van der Waals surface area contributed by atoms with Gasteiger partial charge < -0.3 is 10.6 Å². The Balaban J connectivity index is 1.95. The summed E-state index contributed by atoms with van der Waals surface area (Å²) in [6.45, 7) is 0.593. The number of carbonyl (C=O) groups is 1. The second-order valence-electron chi connectivity index (χ2n) is 4.25. The minimum atomic E-state index is 0.125. The fourth-order valence-electron chi connectivity index (χ4n) is 1.75. The van der Waals surface area contributed by atoms with Crippen molar-refractivity contribution in [3.05, 3.63) is 52.2 Å². The lowest BCUT2D eigenvalue weighted by Crippen LogP contribution is -2.27. The molecule has 1 aromatic heterocycles. The molecule has 0 spiro atoms. The van der Waals surface area contributed by atoms with Crippen LogP contribution in [0.3, 0.4) is 0 Å². The Labute approximate surface area is 111 Å². The average molecular weight is 260 g/mol. The van der Waals surface area contributed by atoms with Crippen LogP contribution >= 0.6 is 11.3 Å². The van der Waals surface area contributed by atoms with E-state index >= 15 is 0 Å². The zero-order valence-electron chi connectivity index (χ0n) is 10.3. The largest absolute Gasteiger partial charge is 0.399 e. The highest BCUT2D eigenvalue weighted by Gasteiger charge is 2.10. The Morgan fingerprint density at radius 2 is 2.17 bits per heavy atom. The third kappa shape index (κ3) is 3.34. The van der Waals surface area contributed by atoms with Crippen LogP contribution in [-0.4, -0.2) is 17.9 Å². The Hall–Kier alpha value is -1.81. The van der Waals surface area contributed by atoms with Crippen LogP contribution in [0.2, 0.25) is 0 Å². The highest BCUT2D eigenvalue weighted by Crippen LogP contribution is 2.12. The summed E-state index contributed by atoms with van der Waals surface area (Å²) in [5, 5.41) is 1.99. The average Bonchev–Trinajstić information content (AvgIpc) is 2.81. The number of anilines is 1. The van der Waals surface area contributed by atoms with Crippen molar-refractivity contribution in [3.8, 4) is 0 Å². The van der Waals surface area contributed by atoms with E-state index in [0.29, 0.717) is 13.0 Å². The molecule has 0 aliphatic rings. The molecule has 0 atom stereocenters. The van der Waals surface area contributed by atoms with Gasteiger partial charge in [0, 0.05) is 24.2 Å². The molecule has 0 aliphatic heterocycles. The number of likely N-dealkylation sites (N-methyl/N-ethyl adjacent to an activating group) is 1. The van der Waals surface area contributed by atoms with Crippen LogP contribution in [0.5, 0.6) is 0 Å². The van der Waals surface area contributed by atoms with E-state index in [4.69, 9.17) is 5.73 Å². The lowest BCUT2D eigenvalue weighted by molar-refractivity contribution is -0.129. The third-order valence-electron chi connectivity index (χ3n) is 2.70. The molecule has 1 heterocycles. The van der Waals surface area contributed by atoms with Gasteiger partial charge in [0.15, 0.2) is 0 Å². The second kappa shape index (κ2) is 5.69. The lowest BCUT2D eigenvalue weighted by atomic mass is 10.2. The molecule has 0 unspecified atom stereocenters. The van der Waals surface area contributed by atoms with E-state index < -0.39 is 0 Å². The summed E-state index contributed by atoms with van der Waals surface area (Å²) in [6, 6.07) is 11.6. The van der Waals surface area contributed by atoms with Gasteiger partial charge in [-0.2, -0.15) is 0 Å². The van der Waals surface area contributed by atoms with E-state index in [1.807, 2.05) is 48.8 Å². The molecule has 2 N–H and O–H groups in total. The first-order chi connectivity index (χ1) is 8.65. The molecule has 0 saturated heterocycles. The van der Waals surface area contributed by atoms with Crippen molar-refractivity contribution in [2.24, 2.45) is 0 Å². The molecule has 4 heteroatoms. The molecule has 0 radical (unpaired) electrons. The molecule has 0 aliphatic carbocycles. The van der Waals surface area contributed by atoms with E-state index in [9.17, 15) is 4.79 Å². The number of nitrogen functional groups attached to an aromatic ring is 1. The quantitative estimate of drug-likeness (QED) is 0.859. The predicted octanol–water partition coefficient (Wildman–Crippen LogP) is 2.53. The molecular weight excluding hydrogens is 244 g/mol. The molecular formula is C14H16N2OS. The molecule has 0 saturated carbocycles. The van der Waals surface area contributed by atoms with Crippen molar-refractivity contribution in [2.75, 3.05) is 12.8 Å². The van der Waals surface area contributed by atoms with Crippen molar-refractivity contribution in [1.82, 2.24) is 4.90 Å². The van der Waals surface area contributed by atoms with Crippen LogP contribution < -0.4 is 5.73 Å². The SMILES string of the molecule is CN(Cc1cccc(N)c1)C(=O)Cc1cccs1. The van der Waals surface area contributed by atoms with Gasteiger partial charge in [0.1, 0.15) is 0 Å². The summed E-state index contributed by atoms with van der Waals surface area (Å²) in [5.74, 6) is 0.125. The van der Waals surface area contributed by atoms with Crippen LogP contribution in [0.4, 0.5) is 5.69 Å². The molecule has 1 amide bonds. The van der Waals surface area contributed by atoms with E-state index in [1.165, 1.54) is 0 Å². The monoisotopic (exact) mass is 260 g/mol. The summed E-state index contributed by atoms with van der Waals surface area (Å²) in [7, 11) is 1.82. The van der Waals surface area contributed by atoms with Gasteiger partial charge in [-0.15, -0.1) is 11.3 Å². The number of benzene rings is 1. The highest BCUT2D eigenvalue weighted by atomic mass is 32.1. The minimum absolute atomic E-state index is 0.125. The van der Waals surface area contributed by atoms with Gasteiger partial charge in [0.25, 0.3) is 0 Å². The van der Waals surface area contributed by atoms with Gasteiger partial charge >= 0.3 is 0 Å². The van der Waals surface area contributed by atoms with E-state index in [-0.39, 0.29) is 5.91 Å². The fourth-order valence-corrected chi connectivity index (χ4v) is 2.45. The van der Waals surface area contributed by atoms with Gasteiger partial charge in [-0.05, 0) is 29.1 Å². The first-order valence-corrected chi connectivity index (χ1v) is 6.64. The molecule has 18 heavy (non-hydrogen) atoms. The number of rotatable bonds is 4. The fraction of sp³-hybridized carbons (Fsp3) is 0.214. The summed E-state index contributed by atoms with van der Waals surface area (Å²) in [4.78, 5) is 14.8. The summed E-state index contributed by atoms with van der Waals surface area (Å²) in [6.07, 6.45) is 0.469. The molecule has 3 nitrogen and oxygen atoms in total. The van der Waals surface area contributed by atoms with E-state index in [0.717, 1.165) is 16.1 Å². The Bertz CT molecular complexity index is 522. The van der Waals surface area contributed by atoms with Crippen molar-refractivity contribution < 1.29 is 4.79 Å². The van der Waals surface area contributed by atoms with Crippen molar-refractivity contribution >= 4 is 22.9 Å². The standard InChI is InChI=1S/C14H16N2OS/c1-16(10-11-4-2-5-12(15)8-11)14(17)9-13-6-3-7-18-13/h2-8H,9-10,15H2,1H3. The van der Waals surface area contributed by atoms with Gasteiger partial charge in [-0.1, -0.05) is 18.2 Å². The maximum Gasteiger partial charge on any atom is 0.227 e. The van der Waals surface area contributed by atoms with Crippen molar-refractivity contribution in [2.45, 2.75) is 13.0 Å². The molecule has 2 rings (SSSR count). The number of nitrogens with zero attached hydrogens (tertiary/aromatic N) is 1. The normalized spacial score (nSPS) is 10.3. The number of hydrogen-bond donors (Lipinski definition) is 1. The number of thiophene rings is 1. The number of nitrogens with two attached hydrogens (primary N) is 1. The number of hydrogen-bond acceptors (Lipinski definition) is 3. The molecule has 0 bridgehead atoms. The first kappa shape index (κ1) is 12.6. The van der Waals surface area contributed by atoms with Gasteiger partial charge in [0.2, 0.25) is 5.91 Å². The van der Waals surface area contributed by atoms with E-state index in [2.05, 4.69) is 0 Å². The van der Waals surface area contributed by atoms with Crippen LogP contribution in [-0.2, 0) is 17.8 Å². The molecule has 94 valence electrons. The van der Waals surface area contributed by atoms with Crippen molar-refractivity contribution in [1.29, 1.82) is 0 Å². The molecule has 2 aromatic rings. The van der Waals surface area contributed by atoms with Gasteiger partial charge in [-0.25, -0.2) is 0 Å². The van der Waals surface area contributed by atoms with Crippen molar-refractivity contribution in [3.63, 3.8) is 0 Å². The second-order valence-corrected chi connectivity index (χ2v) is 5.28. The maximum atomic E-state index is 12.0. The molecule has 1 aromatic carbocycles. The zero-order chi connectivity index (χ0) is 13.0. The Morgan fingerprint density at radius 3 is 2.83 bits per heavy atom. The van der Waals surface area contributed by atoms with Crippen LogP contribution in [0.15, 0.2) is 41.8 Å². The molecule has 0 fully saturated rings.